The van der Waals surface area contributed by atoms with Crippen molar-refractivity contribution in [3.63, 3.8) is 0 Å². The Balaban J connectivity index is 2.35. The van der Waals surface area contributed by atoms with Gasteiger partial charge in [-0.3, -0.25) is 0 Å². The molecule has 92 valence electrons. The van der Waals surface area contributed by atoms with Crippen LogP contribution in [0.4, 0.5) is 0 Å². The van der Waals surface area contributed by atoms with E-state index in [1.807, 2.05) is 18.2 Å². The number of ether oxygens (including phenoxy) is 1. The highest BCUT2D eigenvalue weighted by atomic mass is 16.5. The van der Waals surface area contributed by atoms with Crippen molar-refractivity contribution < 1.29 is 19.7 Å². The Kier molecular flexibility index (Phi) is 3.33. The van der Waals surface area contributed by atoms with Crippen molar-refractivity contribution in [2.45, 2.75) is 38.4 Å². The molecule has 0 saturated heterocycles. The predicted octanol–water partition coefficient (Wildman–Crippen LogP) is 1.39. The number of benzene rings is 1. The van der Waals surface area contributed by atoms with Gasteiger partial charge in [-0.15, -0.1) is 0 Å². The Morgan fingerprint density at radius 2 is 2.29 bits per heavy atom. The first-order valence-corrected chi connectivity index (χ1v) is 5.81. The Morgan fingerprint density at radius 3 is 2.94 bits per heavy atom. The van der Waals surface area contributed by atoms with Gasteiger partial charge in [-0.1, -0.05) is 31.5 Å². The third-order valence-electron chi connectivity index (χ3n) is 2.96. The summed E-state index contributed by atoms with van der Waals surface area (Å²) in [5.74, 6) is -0.471. The number of fused-ring (bicyclic) bond motifs is 1. The SMILES string of the molecule is CCCc1cccc2c1OC(C(=O)O)C(O)C2. The predicted molar refractivity (Wildman–Crippen MR) is 62.2 cm³/mol. The minimum absolute atomic E-state index is 0.337. The highest BCUT2D eigenvalue weighted by Crippen LogP contribution is 2.32. The zero-order valence-corrected chi connectivity index (χ0v) is 9.72. The van der Waals surface area contributed by atoms with Crippen molar-refractivity contribution in [1.82, 2.24) is 0 Å². The van der Waals surface area contributed by atoms with Gasteiger partial charge in [0.05, 0.1) is 0 Å². The van der Waals surface area contributed by atoms with Crippen LogP contribution in [0.2, 0.25) is 0 Å². The third-order valence-corrected chi connectivity index (χ3v) is 2.96. The van der Waals surface area contributed by atoms with Gasteiger partial charge in [0.15, 0.2) is 0 Å². The van der Waals surface area contributed by atoms with Gasteiger partial charge in [-0.05, 0) is 17.5 Å². The van der Waals surface area contributed by atoms with E-state index in [1.54, 1.807) is 0 Å². The molecule has 2 atom stereocenters. The molecule has 4 heteroatoms. The highest BCUT2D eigenvalue weighted by Gasteiger charge is 2.34. The molecular weight excluding hydrogens is 220 g/mol. The molecular formula is C13H16O4. The number of aliphatic hydroxyl groups is 1. The number of aliphatic hydroxyl groups excluding tert-OH is 1. The maximum absolute atomic E-state index is 11.0. The van der Waals surface area contributed by atoms with E-state index in [2.05, 4.69) is 6.92 Å². The first-order valence-electron chi connectivity index (χ1n) is 5.81. The molecule has 0 spiro atoms. The minimum Gasteiger partial charge on any atom is -0.478 e. The van der Waals surface area contributed by atoms with E-state index in [4.69, 9.17) is 9.84 Å². The fourth-order valence-corrected chi connectivity index (χ4v) is 2.17. The van der Waals surface area contributed by atoms with Crippen LogP contribution in [-0.4, -0.2) is 28.4 Å². The van der Waals surface area contributed by atoms with Crippen LogP contribution in [-0.2, 0) is 17.6 Å². The second-order valence-corrected chi connectivity index (χ2v) is 4.30. The van der Waals surface area contributed by atoms with E-state index in [0.717, 1.165) is 24.0 Å². The molecule has 4 nitrogen and oxygen atoms in total. The zero-order chi connectivity index (χ0) is 12.4. The van der Waals surface area contributed by atoms with Gasteiger partial charge < -0.3 is 14.9 Å². The number of carboxylic acid groups (broad SMARTS) is 1. The van der Waals surface area contributed by atoms with Crippen molar-refractivity contribution in [1.29, 1.82) is 0 Å². The quantitative estimate of drug-likeness (QED) is 0.832. The normalized spacial score (nSPS) is 22.7. The average Bonchev–Trinajstić information content (AvgIpc) is 2.28. The number of aliphatic carboxylic acids is 1. The number of hydrogen-bond donors (Lipinski definition) is 2. The lowest BCUT2D eigenvalue weighted by Gasteiger charge is -2.29. The molecule has 0 fully saturated rings. The van der Waals surface area contributed by atoms with Crippen LogP contribution >= 0.6 is 0 Å². The van der Waals surface area contributed by atoms with Crippen molar-refractivity contribution in [3.8, 4) is 5.75 Å². The fraction of sp³-hybridized carbons (Fsp3) is 0.462. The van der Waals surface area contributed by atoms with Gasteiger partial charge in [-0.2, -0.15) is 0 Å². The Labute approximate surface area is 99.8 Å². The van der Waals surface area contributed by atoms with Crippen LogP contribution in [0.25, 0.3) is 0 Å². The van der Waals surface area contributed by atoms with Gasteiger partial charge in [0, 0.05) is 6.42 Å². The fourth-order valence-electron chi connectivity index (χ4n) is 2.17. The first-order chi connectivity index (χ1) is 8.13. The van der Waals surface area contributed by atoms with Gasteiger partial charge in [0.2, 0.25) is 6.10 Å². The maximum Gasteiger partial charge on any atom is 0.347 e. The largest absolute Gasteiger partial charge is 0.478 e. The highest BCUT2D eigenvalue weighted by molar-refractivity contribution is 5.74. The van der Waals surface area contributed by atoms with E-state index in [-0.39, 0.29) is 0 Å². The van der Waals surface area contributed by atoms with Crippen LogP contribution in [0.15, 0.2) is 18.2 Å². The molecule has 0 saturated carbocycles. The lowest BCUT2D eigenvalue weighted by molar-refractivity contribution is -0.151. The average molecular weight is 236 g/mol. The molecule has 1 aliphatic heterocycles. The summed E-state index contributed by atoms with van der Waals surface area (Å²) in [4.78, 5) is 11.0. The molecule has 17 heavy (non-hydrogen) atoms. The molecule has 0 bridgehead atoms. The van der Waals surface area contributed by atoms with E-state index < -0.39 is 18.2 Å². The molecule has 2 unspecified atom stereocenters. The second-order valence-electron chi connectivity index (χ2n) is 4.30. The molecule has 0 aliphatic carbocycles. The van der Waals surface area contributed by atoms with E-state index >= 15 is 0 Å². The summed E-state index contributed by atoms with van der Waals surface area (Å²) >= 11 is 0. The molecule has 2 N–H and O–H groups in total. The second kappa shape index (κ2) is 4.75. The Hall–Kier alpha value is -1.55. The molecule has 1 aromatic carbocycles. The number of hydrogen-bond acceptors (Lipinski definition) is 3. The van der Waals surface area contributed by atoms with Crippen LogP contribution < -0.4 is 4.74 Å². The van der Waals surface area contributed by atoms with Crippen LogP contribution in [0.5, 0.6) is 5.75 Å². The lowest BCUT2D eigenvalue weighted by atomic mass is 9.95. The maximum atomic E-state index is 11.0. The standard InChI is InChI=1S/C13H16O4/c1-2-4-8-5-3-6-9-7-10(14)12(13(15)16)17-11(8)9/h3,5-6,10,12,14H,2,4,7H2,1H3,(H,15,16). The van der Waals surface area contributed by atoms with Crippen molar-refractivity contribution in [3.05, 3.63) is 29.3 Å². The minimum atomic E-state index is -1.15. The summed E-state index contributed by atoms with van der Waals surface area (Å²) in [5.41, 5.74) is 1.91. The van der Waals surface area contributed by atoms with Crippen LogP contribution in [0.1, 0.15) is 24.5 Å². The molecule has 1 aromatic rings. The summed E-state index contributed by atoms with van der Waals surface area (Å²) in [5, 5.41) is 18.7. The van der Waals surface area contributed by atoms with Crippen LogP contribution in [0.3, 0.4) is 0 Å². The van der Waals surface area contributed by atoms with Crippen molar-refractivity contribution >= 4 is 5.97 Å². The van der Waals surface area contributed by atoms with Gasteiger partial charge in [0.1, 0.15) is 11.9 Å². The molecule has 0 aromatic heterocycles. The van der Waals surface area contributed by atoms with Gasteiger partial charge in [-0.25, -0.2) is 4.79 Å². The summed E-state index contributed by atoms with van der Waals surface area (Å²) in [6, 6.07) is 5.73. The van der Waals surface area contributed by atoms with E-state index in [0.29, 0.717) is 12.2 Å². The number of para-hydroxylation sites is 1. The number of aryl methyl sites for hydroxylation is 1. The van der Waals surface area contributed by atoms with Crippen molar-refractivity contribution in [2.75, 3.05) is 0 Å². The van der Waals surface area contributed by atoms with Crippen LogP contribution in [0, 0.1) is 0 Å². The zero-order valence-electron chi connectivity index (χ0n) is 9.72. The summed E-state index contributed by atoms with van der Waals surface area (Å²) in [7, 11) is 0. The molecule has 2 rings (SSSR count). The summed E-state index contributed by atoms with van der Waals surface area (Å²) < 4.78 is 5.44. The smallest absolute Gasteiger partial charge is 0.347 e. The Bertz CT molecular complexity index is 413. The molecule has 1 heterocycles. The lowest BCUT2D eigenvalue weighted by Crippen LogP contribution is -2.43. The number of carbonyl (C=O) groups is 1. The number of rotatable bonds is 3. The number of carboxylic acids is 1. The van der Waals surface area contributed by atoms with E-state index in [1.165, 1.54) is 0 Å². The monoisotopic (exact) mass is 236 g/mol. The van der Waals surface area contributed by atoms with E-state index in [9.17, 15) is 9.90 Å². The third kappa shape index (κ3) is 2.26. The van der Waals surface area contributed by atoms with Crippen molar-refractivity contribution in [2.24, 2.45) is 0 Å². The van der Waals surface area contributed by atoms with Gasteiger partial charge >= 0.3 is 5.97 Å². The Morgan fingerprint density at radius 1 is 1.53 bits per heavy atom. The molecule has 0 radical (unpaired) electrons. The molecule has 0 amide bonds. The molecule has 1 aliphatic rings. The first kappa shape index (κ1) is 11.9. The van der Waals surface area contributed by atoms with Gasteiger partial charge in [0.25, 0.3) is 0 Å². The summed E-state index contributed by atoms with van der Waals surface area (Å²) in [6.07, 6.45) is 0.0348. The summed E-state index contributed by atoms with van der Waals surface area (Å²) in [6.45, 7) is 2.06. The topological polar surface area (TPSA) is 66.8 Å².